The van der Waals surface area contributed by atoms with Crippen molar-refractivity contribution in [2.24, 2.45) is 5.92 Å². The van der Waals surface area contributed by atoms with Gasteiger partial charge in [-0.3, -0.25) is 9.59 Å². The van der Waals surface area contributed by atoms with Gasteiger partial charge in [-0.15, -0.1) is 0 Å². The molecular formula is C23H26N4O2. The fraction of sp³-hybridized carbons (Fsp3) is 0.348. The molecule has 1 aromatic heterocycles. The van der Waals surface area contributed by atoms with Crippen LogP contribution < -0.4 is 5.32 Å². The van der Waals surface area contributed by atoms with Gasteiger partial charge in [0.15, 0.2) is 0 Å². The lowest BCUT2D eigenvalue weighted by Gasteiger charge is -2.23. The van der Waals surface area contributed by atoms with Gasteiger partial charge >= 0.3 is 0 Å². The molecule has 1 aliphatic rings. The molecule has 0 unspecified atom stereocenters. The molecule has 0 saturated carbocycles. The van der Waals surface area contributed by atoms with E-state index < -0.39 is 0 Å². The molecular weight excluding hydrogens is 364 g/mol. The number of hydrogen-bond acceptors (Lipinski definition) is 3. The normalized spacial score (nSPS) is 15.4. The molecule has 0 saturated heterocycles. The zero-order valence-electron chi connectivity index (χ0n) is 16.8. The van der Waals surface area contributed by atoms with E-state index in [2.05, 4.69) is 29.1 Å². The maximum Gasteiger partial charge on any atom is 0.254 e. The molecule has 2 amide bonds. The number of aromatic nitrogens is 2. The summed E-state index contributed by atoms with van der Waals surface area (Å²) in [5.41, 5.74) is 3.63. The molecule has 6 heteroatoms. The smallest absolute Gasteiger partial charge is 0.254 e. The van der Waals surface area contributed by atoms with Gasteiger partial charge in [0.2, 0.25) is 5.91 Å². The number of nitrogens with one attached hydrogen (secondary N) is 2. The standard InChI is InChI=1S/C23H26N4O2/c1-3-15(2)21(22-24-18-10-6-7-11-19(18)25-22)26-20(28)12-13-27-14-16-8-4-5-9-17(16)23(27)29/h4-11,15,21H,3,12-14H2,1-2H3,(H,24,25)(H,26,28)/t15-,21+/m0/s1. The van der Waals surface area contributed by atoms with Crippen LogP contribution in [0.1, 0.15) is 54.5 Å². The zero-order valence-corrected chi connectivity index (χ0v) is 16.8. The molecule has 4 rings (SSSR count). The molecule has 2 heterocycles. The molecule has 29 heavy (non-hydrogen) atoms. The van der Waals surface area contributed by atoms with Gasteiger partial charge in [0.1, 0.15) is 5.82 Å². The first kappa shape index (κ1) is 19.2. The van der Waals surface area contributed by atoms with Crippen molar-refractivity contribution in [2.75, 3.05) is 6.54 Å². The number of amides is 2. The van der Waals surface area contributed by atoms with Gasteiger partial charge < -0.3 is 15.2 Å². The molecule has 3 aromatic rings. The average Bonchev–Trinajstić information content (AvgIpc) is 3.31. The Morgan fingerprint density at radius 1 is 1.21 bits per heavy atom. The van der Waals surface area contributed by atoms with Gasteiger partial charge in [0.25, 0.3) is 5.91 Å². The number of imidazole rings is 1. The third-order valence-electron chi connectivity index (χ3n) is 5.74. The van der Waals surface area contributed by atoms with Gasteiger partial charge in [0, 0.05) is 25.1 Å². The summed E-state index contributed by atoms with van der Waals surface area (Å²) in [6.07, 6.45) is 1.19. The second kappa shape index (κ2) is 8.07. The zero-order chi connectivity index (χ0) is 20.4. The summed E-state index contributed by atoms with van der Waals surface area (Å²) in [5, 5.41) is 3.13. The quantitative estimate of drug-likeness (QED) is 0.644. The minimum atomic E-state index is -0.189. The van der Waals surface area contributed by atoms with Crippen LogP contribution >= 0.6 is 0 Å². The van der Waals surface area contributed by atoms with Crippen molar-refractivity contribution in [1.29, 1.82) is 0 Å². The van der Waals surface area contributed by atoms with Crippen LogP contribution in [0.5, 0.6) is 0 Å². The lowest BCUT2D eigenvalue weighted by atomic mass is 9.98. The summed E-state index contributed by atoms with van der Waals surface area (Å²) < 4.78 is 0. The Bertz CT molecular complexity index is 1010. The number of benzene rings is 2. The van der Waals surface area contributed by atoms with E-state index in [-0.39, 0.29) is 30.2 Å². The van der Waals surface area contributed by atoms with Crippen molar-refractivity contribution in [3.8, 4) is 0 Å². The minimum absolute atomic E-state index is 0.00385. The molecule has 2 aromatic carbocycles. The number of aromatic amines is 1. The summed E-state index contributed by atoms with van der Waals surface area (Å²) in [5.74, 6) is 0.944. The Morgan fingerprint density at radius 3 is 2.72 bits per heavy atom. The van der Waals surface area contributed by atoms with E-state index in [1.807, 2.05) is 48.5 Å². The van der Waals surface area contributed by atoms with E-state index in [0.717, 1.165) is 34.4 Å². The first-order chi connectivity index (χ1) is 14.1. The van der Waals surface area contributed by atoms with E-state index in [9.17, 15) is 9.59 Å². The van der Waals surface area contributed by atoms with Crippen LogP contribution in [0.3, 0.4) is 0 Å². The first-order valence-electron chi connectivity index (χ1n) is 10.2. The highest BCUT2D eigenvalue weighted by Crippen LogP contribution is 2.25. The van der Waals surface area contributed by atoms with Crippen LogP contribution in [0.2, 0.25) is 0 Å². The topological polar surface area (TPSA) is 78.1 Å². The van der Waals surface area contributed by atoms with Crippen LogP contribution in [-0.4, -0.2) is 33.2 Å². The number of rotatable bonds is 7. The summed E-state index contributed by atoms with van der Waals surface area (Å²) in [6.45, 7) is 5.19. The van der Waals surface area contributed by atoms with E-state index in [0.29, 0.717) is 13.1 Å². The molecule has 150 valence electrons. The maximum absolute atomic E-state index is 12.7. The molecule has 6 nitrogen and oxygen atoms in total. The maximum atomic E-state index is 12.7. The molecule has 2 atom stereocenters. The van der Waals surface area contributed by atoms with Crippen molar-refractivity contribution in [3.05, 3.63) is 65.5 Å². The first-order valence-corrected chi connectivity index (χ1v) is 10.2. The highest BCUT2D eigenvalue weighted by Gasteiger charge is 2.28. The molecule has 1 aliphatic heterocycles. The number of carbonyl (C=O) groups is 2. The van der Waals surface area contributed by atoms with Crippen molar-refractivity contribution >= 4 is 22.8 Å². The monoisotopic (exact) mass is 390 g/mol. The Morgan fingerprint density at radius 2 is 1.97 bits per heavy atom. The SMILES string of the molecule is CC[C@H](C)[C@@H](NC(=O)CCN1Cc2ccccc2C1=O)c1nc2ccccc2[nH]1. The Hall–Kier alpha value is -3.15. The molecule has 0 aliphatic carbocycles. The highest BCUT2D eigenvalue weighted by atomic mass is 16.2. The largest absolute Gasteiger partial charge is 0.346 e. The molecule has 0 radical (unpaired) electrons. The third-order valence-corrected chi connectivity index (χ3v) is 5.74. The van der Waals surface area contributed by atoms with Crippen molar-refractivity contribution in [3.63, 3.8) is 0 Å². The third kappa shape index (κ3) is 3.88. The Balaban J connectivity index is 1.42. The number of hydrogen-bond donors (Lipinski definition) is 2. The van der Waals surface area contributed by atoms with Crippen molar-refractivity contribution < 1.29 is 9.59 Å². The second-order valence-electron chi connectivity index (χ2n) is 7.70. The van der Waals surface area contributed by atoms with E-state index in [1.54, 1.807) is 4.90 Å². The molecule has 0 bridgehead atoms. The predicted octanol–water partition coefficient (Wildman–Crippen LogP) is 3.81. The predicted molar refractivity (Wildman–Crippen MR) is 112 cm³/mol. The van der Waals surface area contributed by atoms with E-state index >= 15 is 0 Å². The fourth-order valence-electron chi connectivity index (χ4n) is 3.81. The van der Waals surface area contributed by atoms with Gasteiger partial charge in [-0.1, -0.05) is 50.6 Å². The van der Waals surface area contributed by atoms with Gasteiger partial charge in [-0.25, -0.2) is 4.98 Å². The fourth-order valence-corrected chi connectivity index (χ4v) is 3.81. The second-order valence-corrected chi connectivity index (χ2v) is 7.70. The van der Waals surface area contributed by atoms with Crippen molar-refractivity contribution in [2.45, 2.75) is 39.3 Å². The van der Waals surface area contributed by atoms with Crippen LogP contribution in [0, 0.1) is 5.92 Å². The number of H-pyrrole nitrogens is 1. The Kier molecular flexibility index (Phi) is 5.34. The van der Waals surface area contributed by atoms with Gasteiger partial charge in [-0.2, -0.15) is 0 Å². The highest BCUT2D eigenvalue weighted by molar-refractivity contribution is 5.98. The van der Waals surface area contributed by atoms with Crippen LogP contribution in [0.25, 0.3) is 11.0 Å². The van der Waals surface area contributed by atoms with E-state index in [1.165, 1.54) is 0 Å². The van der Waals surface area contributed by atoms with Crippen LogP contribution in [0.4, 0.5) is 0 Å². The number of carbonyl (C=O) groups excluding carboxylic acids is 2. The summed E-state index contributed by atoms with van der Waals surface area (Å²) >= 11 is 0. The Labute approximate surface area is 170 Å². The summed E-state index contributed by atoms with van der Waals surface area (Å²) in [4.78, 5) is 35.0. The summed E-state index contributed by atoms with van der Waals surface area (Å²) in [7, 11) is 0. The molecule has 0 fully saturated rings. The van der Waals surface area contributed by atoms with Crippen LogP contribution in [0.15, 0.2) is 48.5 Å². The molecule has 2 N–H and O–H groups in total. The van der Waals surface area contributed by atoms with Gasteiger partial charge in [-0.05, 0) is 29.7 Å². The number of para-hydroxylation sites is 2. The number of fused-ring (bicyclic) bond motifs is 2. The van der Waals surface area contributed by atoms with Crippen LogP contribution in [-0.2, 0) is 11.3 Å². The van der Waals surface area contributed by atoms with E-state index in [4.69, 9.17) is 0 Å². The number of nitrogens with zero attached hydrogens (tertiary/aromatic N) is 2. The lowest BCUT2D eigenvalue weighted by Crippen LogP contribution is -2.36. The molecule has 0 spiro atoms. The average molecular weight is 390 g/mol. The summed E-state index contributed by atoms with van der Waals surface area (Å²) in [6, 6.07) is 15.3. The van der Waals surface area contributed by atoms with Gasteiger partial charge in [0.05, 0.1) is 17.1 Å². The minimum Gasteiger partial charge on any atom is -0.346 e. The lowest BCUT2D eigenvalue weighted by molar-refractivity contribution is -0.122. The van der Waals surface area contributed by atoms with Crippen molar-refractivity contribution in [1.82, 2.24) is 20.2 Å².